The highest BCUT2D eigenvalue weighted by atomic mass is 19.4. The molecule has 0 bridgehead atoms. The van der Waals surface area contributed by atoms with Crippen LogP contribution in [0.1, 0.15) is 62.5 Å². The average molecular weight is 458 g/mol. The lowest BCUT2D eigenvalue weighted by Gasteiger charge is -2.40. The van der Waals surface area contributed by atoms with E-state index in [4.69, 9.17) is 0 Å². The molecule has 5 nitrogen and oxygen atoms in total. The summed E-state index contributed by atoms with van der Waals surface area (Å²) in [6.07, 6.45) is -0.191. The third-order valence-electron chi connectivity index (χ3n) is 5.94. The summed E-state index contributed by atoms with van der Waals surface area (Å²) in [5.41, 5.74) is -1.30. The van der Waals surface area contributed by atoms with Crippen LogP contribution in [0.5, 0.6) is 0 Å². The van der Waals surface area contributed by atoms with Crippen molar-refractivity contribution in [3.63, 3.8) is 0 Å². The minimum absolute atomic E-state index is 0.0798. The Morgan fingerprint density at radius 1 is 1.09 bits per heavy atom. The molecule has 10 heteroatoms. The fraction of sp³-hybridized carbons (Fsp3) is 0.591. The molecule has 1 saturated carbocycles. The summed E-state index contributed by atoms with van der Waals surface area (Å²) in [4.78, 5) is 11.8. The van der Waals surface area contributed by atoms with E-state index >= 15 is 0 Å². The smallest absolute Gasteiger partial charge is 0.393 e. The molecule has 3 rings (SSSR count). The Morgan fingerprint density at radius 3 is 2.44 bits per heavy atom. The van der Waals surface area contributed by atoms with Crippen LogP contribution >= 0.6 is 0 Å². The number of hydrogen-bond acceptors (Lipinski definition) is 5. The molecule has 1 aliphatic carbocycles. The van der Waals surface area contributed by atoms with Crippen molar-refractivity contribution in [2.45, 2.75) is 77.1 Å². The van der Waals surface area contributed by atoms with Gasteiger partial charge in [0, 0.05) is 43.5 Å². The number of nitrogens with zero attached hydrogens (tertiary/aromatic N) is 3. The molecule has 2 aromatic heterocycles. The molecule has 1 fully saturated rings. The van der Waals surface area contributed by atoms with Crippen molar-refractivity contribution in [3.8, 4) is 0 Å². The third kappa shape index (κ3) is 5.70. The number of anilines is 1. The molecule has 2 heterocycles. The summed E-state index contributed by atoms with van der Waals surface area (Å²) < 4.78 is 68.3. The highest BCUT2D eigenvalue weighted by Gasteiger charge is 2.39. The van der Waals surface area contributed by atoms with Gasteiger partial charge in [-0.1, -0.05) is 13.8 Å². The summed E-state index contributed by atoms with van der Waals surface area (Å²) in [6, 6.07) is 0.941. The second-order valence-electron chi connectivity index (χ2n) is 9.09. The highest BCUT2D eigenvalue weighted by molar-refractivity contribution is 5.46. The predicted octanol–water partition coefficient (Wildman–Crippen LogP) is 5.14. The van der Waals surface area contributed by atoms with Crippen LogP contribution in [0.3, 0.4) is 0 Å². The Labute approximate surface area is 183 Å². The Bertz CT molecular complexity index is 943. The maximum absolute atomic E-state index is 13.8. The van der Waals surface area contributed by atoms with Gasteiger partial charge in [0.25, 0.3) is 5.92 Å². The fourth-order valence-corrected chi connectivity index (χ4v) is 4.10. The molecule has 0 aliphatic heterocycles. The summed E-state index contributed by atoms with van der Waals surface area (Å²) in [7, 11) is 0. The van der Waals surface area contributed by atoms with Gasteiger partial charge in [-0.25, -0.2) is 18.7 Å². The number of aliphatic hydroxyl groups is 1. The topological polar surface area (TPSA) is 70.9 Å². The van der Waals surface area contributed by atoms with Gasteiger partial charge >= 0.3 is 6.18 Å². The second kappa shape index (κ2) is 8.88. The average Bonchev–Trinajstić information content (AvgIpc) is 2.68. The normalized spacial score (nSPS) is 21.4. The summed E-state index contributed by atoms with van der Waals surface area (Å²) in [5.74, 6) is -3.28. The van der Waals surface area contributed by atoms with Gasteiger partial charge in [-0.15, -0.1) is 0 Å². The van der Waals surface area contributed by atoms with Crippen LogP contribution in [0, 0.1) is 5.41 Å². The number of nitrogens with one attached hydrogen (secondary N) is 1. The first-order valence-electron chi connectivity index (χ1n) is 10.5. The molecule has 176 valence electrons. The molecular weight excluding hydrogens is 431 g/mol. The van der Waals surface area contributed by atoms with Gasteiger partial charge in [0.2, 0.25) is 0 Å². The zero-order valence-corrected chi connectivity index (χ0v) is 18.2. The number of aliphatic hydroxyl groups excluding tert-OH is 1. The molecule has 0 amide bonds. The minimum atomic E-state index is -4.65. The van der Waals surface area contributed by atoms with Crippen molar-refractivity contribution in [1.29, 1.82) is 0 Å². The van der Waals surface area contributed by atoms with Gasteiger partial charge in [-0.05, 0) is 42.7 Å². The standard InChI is InChI=1S/C22H27F5N4O/c1-20(2)10-14(5-6-17(20)32)30-19-16(22(25,26)27)12-29-18(31-19)7-4-13-11-28-9-8-15(13)21(3,23)24/h8-9,11-12,14,17,32H,4-7,10H2,1-3H3,(H,29,30,31)/t14-,17+/m1/s1. The van der Waals surface area contributed by atoms with Gasteiger partial charge in [0.1, 0.15) is 17.2 Å². The lowest BCUT2D eigenvalue weighted by atomic mass is 9.73. The Hall–Kier alpha value is -2.36. The first-order valence-corrected chi connectivity index (χ1v) is 10.5. The van der Waals surface area contributed by atoms with E-state index in [2.05, 4.69) is 20.3 Å². The molecule has 0 unspecified atom stereocenters. The zero-order chi connectivity index (χ0) is 23.7. The first-order chi connectivity index (χ1) is 14.8. The minimum Gasteiger partial charge on any atom is -0.393 e. The van der Waals surface area contributed by atoms with E-state index in [0.717, 1.165) is 13.1 Å². The molecule has 0 aromatic carbocycles. The monoisotopic (exact) mass is 458 g/mol. The number of rotatable bonds is 6. The van der Waals surface area contributed by atoms with E-state index in [9.17, 15) is 27.1 Å². The van der Waals surface area contributed by atoms with Crippen LogP contribution in [-0.2, 0) is 24.9 Å². The van der Waals surface area contributed by atoms with Crippen LogP contribution in [0.25, 0.3) is 0 Å². The summed E-state index contributed by atoms with van der Waals surface area (Å²) in [6.45, 7) is 4.53. The summed E-state index contributed by atoms with van der Waals surface area (Å²) in [5, 5.41) is 13.0. The van der Waals surface area contributed by atoms with Crippen LogP contribution in [-0.4, -0.2) is 32.2 Å². The van der Waals surface area contributed by atoms with E-state index in [0.29, 0.717) is 24.8 Å². The van der Waals surface area contributed by atoms with Crippen LogP contribution in [0.15, 0.2) is 24.7 Å². The largest absolute Gasteiger partial charge is 0.421 e. The van der Waals surface area contributed by atoms with Crippen LogP contribution < -0.4 is 5.32 Å². The van der Waals surface area contributed by atoms with Crippen molar-refractivity contribution in [2.75, 3.05) is 5.32 Å². The van der Waals surface area contributed by atoms with Gasteiger partial charge in [-0.3, -0.25) is 4.98 Å². The second-order valence-corrected chi connectivity index (χ2v) is 9.09. The van der Waals surface area contributed by atoms with Crippen molar-refractivity contribution < 1.29 is 27.1 Å². The van der Waals surface area contributed by atoms with Crippen LogP contribution in [0.4, 0.5) is 27.8 Å². The van der Waals surface area contributed by atoms with Gasteiger partial charge in [-0.2, -0.15) is 13.2 Å². The maximum Gasteiger partial charge on any atom is 0.421 e. The fourth-order valence-electron chi connectivity index (χ4n) is 4.10. The lowest BCUT2D eigenvalue weighted by molar-refractivity contribution is -0.137. The quantitative estimate of drug-likeness (QED) is 0.587. The van der Waals surface area contributed by atoms with Crippen molar-refractivity contribution in [3.05, 3.63) is 47.2 Å². The molecule has 1 aliphatic rings. The Morgan fingerprint density at radius 2 is 1.81 bits per heavy atom. The maximum atomic E-state index is 13.8. The van der Waals surface area contributed by atoms with Crippen molar-refractivity contribution in [1.82, 2.24) is 15.0 Å². The number of aromatic nitrogens is 3. The molecule has 0 saturated heterocycles. The van der Waals surface area contributed by atoms with E-state index in [1.807, 2.05) is 13.8 Å². The van der Waals surface area contributed by atoms with Crippen molar-refractivity contribution >= 4 is 5.82 Å². The predicted molar refractivity (Wildman–Crippen MR) is 109 cm³/mol. The Kier molecular flexibility index (Phi) is 6.74. The lowest BCUT2D eigenvalue weighted by Crippen LogP contribution is -2.41. The molecule has 2 atom stereocenters. The summed E-state index contributed by atoms with van der Waals surface area (Å²) >= 11 is 0. The van der Waals surface area contributed by atoms with Crippen LogP contribution in [0.2, 0.25) is 0 Å². The highest BCUT2D eigenvalue weighted by Crippen LogP contribution is 2.39. The van der Waals surface area contributed by atoms with Gasteiger partial charge in [0.05, 0.1) is 6.10 Å². The number of alkyl halides is 5. The van der Waals surface area contributed by atoms with E-state index in [-0.39, 0.29) is 36.1 Å². The number of aryl methyl sites for hydroxylation is 2. The van der Waals surface area contributed by atoms with E-state index in [1.165, 1.54) is 18.5 Å². The van der Waals surface area contributed by atoms with E-state index in [1.54, 1.807) is 0 Å². The molecule has 2 N–H and O–H groups in total. The SMILES string of the molecule is CC(F)(F)c1ccncc1CCc1ncc(C(F)(F)F)c(N[C@@H]2CC[C@H](O)C(C)(C)C2)n1. The number of hydrogen-bond donors (Lipinski definition) is 2. The van der Waals surface area contributed by atoms with Gasteiger partial charge in [0.15, 0.2) is 0 Å². The number of pyridine rings is 1. The molecule has 2 aromatic rings. The molecule has 32 heavy (non-hydrogen) atoms. The molecule has 0 spiro atoms. The molecular formula is C22H27F5N4O. The zero-order valence-electron chi connectivity index (χ0n) is 18.2. The molecule has 0 radical (unpaired) electrons. The van der Waals surface area contributed by atoms with Gasteiger partial charge < -0.3 is 10.4 Å². The van der Waals surface area contributed by atoms with E-state index < -0.39 is 29.2 Å². The Balaban J connectivity index is 1.82. The number of halogens is 5. The third-order valence-corrected chi connectivity index (χ3v) is 5.94. The first kappa shape index (κ1) is 24.3. The van der Waals surface area contributed by atoms with Crippen molar-refractivity contribution in [2.24, 2.45) is 5.41 Å².